The van der Waals surface area contributed by atoms with Crippen LogP contribution in [0.3, 0.4) is 0 Å². The van der Waals surface area contributed by atoms with Crippen LogP contribution in [0.25, 0.3) is 11.0 Å². The van der Waals surface area contributed by atoms with E-state index in [0.717, 1.165) is 5.82 Å². The van der Waals surface area contributed by atoms with Crippen LogP contribution in [0.15, 0.2) is 18.5 Å². The van der Waals surface area contributed by atoms with Crippen LogP contribution in [0.5, 0.6) is 5.75 Å². The number of methoxy groups -OCH3 is 1. The summed E-state index contributed by atoms with van der Waals surface area (Å²) in [5.41, 5.74) is 7.05. The minimum Gasteiger partial charge on any atom is -0.494 e. The number of hydrogen-bond acceptors (Lipinski definition) is 5. The highest BCUT2D eigenvalue weighted by molar-refractivity contribution is 5.80. The van der Waals surface area contributed by atoms with Crippen molar-refractivity contribution in [2.75, 3.05) is 12.8 Å². The molecule has 0 radical (unpaired) electrons. The molecule has 0 atom stereocenters. The van der Waals surface area contributed by atoms with Crippen molar-refractivity contribution in [3.8, 4) is 5.75 Å². The van der Waals surface area contributed by atoms with Crippen molar-refractivity contribution < 1.29 is 9.13 Å². The molecule has 0 saturated heterocycles. The predicted octanol–water partition coefficient (Wildman–Crippen LogP) is 0.943. The van der Waals surface area contributed by atoms with Gasteiger partial charge in [0.15, 0.2) is 17.4 Å². The fraction of sp³-hybridized carbons (Fsp3) is 0.250. The molecule has 0 saturated carbocycles. The first-order valence-corrected chi connectivity index (χ1v) is 5.92. The molecule has 0 fully saturated rings. The van der Waals surface area contributed by atoms with Crippen molar-refractivity contribution in [1.82, 2.24) is 24.3 Å². The predicted molar refractivity (Wildman–Crippen MR) is 70.8 cm³/mol. The quantitative estimate of drug-likeness (QED) is 0.769. The van der Waals surface area contributed by atoms with E-state index in [4.69, 9.17) is 10.5 Å². The third-order valence-corrected chi connectivity index (χ3v) is 3.16. The fourth-order valence-corrected chi connectivity index (χ4v) is 2.06. The van der Waals surface area contributed by atoms with Gasteiger partial charge in [0.2, 0.25) is 5.95 Å². The van der Waals surface area contributed by atoms with Crippen LogP contribution in [-0.2, 0) is 13.6 Å². The number of rotatable bonds is 3. The van der Waals surface area contributed by atoms with Gasteiger partial charge in [0.1, 0.15) is 6.33 Å². The van der Waals surface area contributed by atoms with E-state index in [0.29, 0.717) is 17.6 Å². The Labute approximate surface area is 113 Å². The van der Waals surface area contributed by atoms with E-state index in [2.05, 4.69) is 15.2 Å². The summed E-state index contributed by atoms with van der Waals surface area (Å²) >= 11 is 0. The van der Waals surface area contributed by atoms with Gasteiger partial charge < -0.3 is 19.6 Å². The normalized spacial score (nSPS) is 11.2. The Bertz CT molecular complexity index is 778. The number of benzene rings is 1. The van der Waals surface area contributed by atoms with Gasteiger partial charge in [-0.25, -0.2) is 9.37 Å². The molecule has 2 heterocycles. The molecule has 0 aliphatic rings. The van der Waals surface area contributed by atoms with E-state index in [1.807, 2.05) is 7.05 Å². The van der Waals surface area contributed by atoms with Gasteiger partial charge in [-0.05, 0) is 0 Å². The number of aromatic nitrogens is 5. The van der Waals surface area contributed by atoms with Gasteiger partial charge in [-0.3, -0.25) is 0 Å². The third-order valence-electron chi connectivity index (χ3n) is 3.16. The topological polar surface area (TPSA) is 83.8 Å². The number of aryl methyl sites for hydroxylation is 1. The second kappa shape index (κ2) is 4.48. The zero-order valence-electron chi connectivity index (χ0n) is 11.0. The van der Waals surface area contributed by atoms with Gasteiger partial charge in [0.25, 0.3) is 0 Å². The summed E-state index contributed by atoms with van der Waals surface area (Å²) in [6, 6.07) is 2.88. The minimum absolute atomic E-state index is 0.150. The molecule has 8 heteroatoms. The highest BCUT2D eigenvalue weighted by atomic mass is 19.1. The Morgan fingerprint density at radius 3 is 2.85 bits per heavy atom. The summed E-state index contributed by atoms with van der Waals surface area (Å²) in [6.07, 6.45) is 1.60. The number of nitrogens with zero attached hydrogens (tertiary/aromatic N) is 5. The largest absolute Gasteiger partial charge is 0.494 e. The second-order valence-electron chi connectivity index (χ2n) is 4.39. The maximum atomic E-state index is 13.7. The van der Waals surface area contributed by atoms with Gasteiger partial charge in [-0.1, -0.05) is 0 Å². The first kappa shape index (κ1) is 12.4. The summed E-state index contributed by atoms with van der Waals surface area (Å²) in [5, 5.41) is 7.82. The third kappa shape index (κ3) is 1.85. The molecular formula is C12H13FN6O. The molecule has 104 valence electrons. The maximum absolute atomic E-state index is 13.7. The van der Waals surface area contributed by atoms with Crippen LogP contribution in [0.2, 0.25) is 0 Å². The van der Waals surface area contributed by atoms with Crippen LogP contribution in [0.4, 0.5) is 10.3 Å². The van der Waals surface area contributed by atoms with E-state index in [9.17, 15) is 4.39 Å². The van der Waals surface area contributed by atoms with Crippen LogP contribution >= 0.6 is 0 Å². The number of fused-ring (bicyclic) bond motifs is 1. The van der Waals surface area contributed by atoms with Gasteiger partial charge >= 0.3 is 0 Å². The van der Waals surface area contributed by atoms with Crippen LogP contribution in [0, 0.1) is 5.82 Å². The smallest absolute Gasteiger partial charge is 0.201 e. The average Bonchev–Trinajstić information content (AvgIpc) is 2.94. The van der Waals surface area contributed by atoms with Gasteiger partial charge in [-0.2, -0.15) is 0 Å². The summed E-state index contributed by atoms with van der Waals surface area (Å²) < 4.78 is 22.2. The molecule has 0 aliphatic heterocycles. The number of nitrogens with two attached hydrogens (primary N) is 1. The Kier molecular flexibility index (Phi) is 2.78. The lowest BCUT2D eigenvalue weighted by molar-refractivity contribution is 0.387. The van der Waals surface area contributed by atoms with Gasteiger partial charge in [0.05, 0.1) is 24.7 Å². The Morgan fingerprint density at radius 1 is 1.40 bits per heavy atom. The number of anilines is 1. The molecule has 1 aromatic carbocycles. The first-order chi connectivity index (χ1) is 9.60. The lowest BCUT2D eigenvalue weighted by atomic mass is 10.3. The number of ether oxygens (including phenoxy) is 1. The van der Waals surface area contributed by atoms with Crippen LogP contribution < -0.4 is 10.5 Å². The van der Waals surface area contributed by atoms with Crippen LogP contribution in [0.1, 0.15) is 5.82 Å². The number of nitrogen functional groups attached to an aromatic ring is 1. The molecule has 2 N–H and O–H groups in total. The molecule has 20 heavy (non-hydrogen) atoms. The second-order valence-corrected chi connectivity index (χ2v) is 4.39. The number of imidazole rings is 1. The molecule has 3 rings (SSSR count). The summed E-state index contributed by atoms with van der Waals surface area (Å²) in [6.45, 7) is 0.396. The maximum Gasteiger partial charge on any atom is 0.201 e. The van der Waals surface area contributed by atoms with E-state index in [1.165, 1.54) is 13.2 Å². The van der Waals surface area contributed by atoms with Crippen molar-refractivity contribution >= 4 is 17.0 Å². The van der Waals surface area contributed by atoms with E-state index >= 15 is 0 Å². The average molecular weight is 276 g/mol. The van der Waals surface area contributed by atoms with E-state index in [-0.39, 0.29) is 11.7 Å². The number of hydrogen-bond donors (Lipinski definition) is 1. The summed E-state index contributed by atoms with van der Waals surface area (Å²) in [7, 11) is 3.25. The highest BCUT2D eigenvalue weighted by Gasteiger charge is 2.14. The summed E-state index contributed by atoms with van der Waals surface area (Å²) in [4.78, 5) is 4.15. The van der Waals surface area contributed by atoms with Gasteiger partial charge in [0, 0.05) is 19.2 Å². The molecule has 0 amide bonds. The van der Waals surface area contributed by atoms with Crippen molar-refractivity contribution in [3.05, 3.63) is 30.1 Å². The van der Waals surface area contributed by atoms with Crippen molar-refractivity contribution in [2.24, 2.45) is 7.05 Å². The van der Waals surface area contributed by atoms with Crippen molar-refractivity contribution in [2.45, 2.75) is 6.54 Å². The highest BCUT2D eigenvalue weighted by Crippen LogP contribution is 2.26. The molecule has 0 bridgehead atoms. The molecule has 0 spiro atoms. The fourth-order valence-electron chi connectivity index (χ4n) is 2.06. The first-order valence-electron chi connectivity index (χ1n) is 5.92. The zero-order valence-corrected chi connectivity index (χ0v) is 11.0. The number of halogens is 1. The lowest BCUT2D eigenvalue weighted by Crippen LogP contribution is -2.08. The summed E-state index contributed by atoms with van der Waals surface area (Å²) in [5.74, 6) is 0.690. The Hall–Kier alpha value is -2.64. The molecule has 3 aromatic rings. The molecule has 0 unspecified atom stereocenters. The lowest BCUT2D eigenvalue weighted by Gasteiger charge is -2.07. The SMILES string of the molecule is COc1cc2c(cc1F)nc(N)n2Cc1nncn1C. The standard InChI is InChI=1S/C12H13FN6O/c1-18-6-15-17-11(18)5-19-9-4-10(20-2)7(13)3-8(9)16-12(19)14/h3-4,6H,5H2,1-2H3,(H2,14,16). The van der Waals surface area contributed by atoms with Crippen molar-refractivity contribution in [3.63, 3.8) is 0 Å². The Balaban J connectivity index is 2.14. The minimum atomic E-state index is -0.469. The van der Waals surface area contributed by atoms with Crippen molar-refractivity contribution in [1.29, 1.82) is 0 Å². The molecule has 2 aromatic heterocycles. The van der Waals surface area contributed by atoms with Crippen LogP contribution in [-0.4, -0.2) is 31.4 Å². The molecular weight excluding hydrogens is 263 g/mol. The molecule has 0 aliphatic carbocycles. The molecule has 7 nitrogen and oxygen atoms in total. The zero-order chi connectivity index (χ0) is 14.3. The van der Waals surface area contributed by atoms with Gasteiger partial charge in [-0.15, -0.1) is 10.2 Å². The Morgan fingerprint density at radius 2 is 2.20 bits per heavy atom. The van der Waals surface area contributed by atoms with E-state index in [1.54, 1.807) is 21.5 Å². The van der Waals surface area contributed by atoms with E-state index < -0.39 is 5.82 Å². The monoisotopic (exact) mass is 276 g/mol.